The molecule has 0 aromatic rings. The minimum atomic E-state index is -0.747. The summed E-state index contributed by atoms with van der Waals surface area (Å²) in [4.78, 5) is 0. The van der Waals surface area contributed by atoms with Crippen molar-refractivity contribution in [2.24, 2.45) is 5.73 Å². The van der Waals surface area contributed by atoms with Crippen LogP contribution in [0.15, 0.2) is 0 Å². The van der Waals surface area contributed by atoms with E-state index >= 15 is 0 Å². The van der Waals surface area contributed by atoms with E-state index in [0.717, 1.165) is 19.3 Å². The lowest BCUT2D eigenvalue weighted by Crippen LogP contribution is -2.60. The van der Waals surface area contributed by atoms with E-state index in [4.69, 9.17) is 15.6 Å². The molecule has 0 aromatic carbocycles. The normalized spacial score (nSPS) is 22.6. The van der Waals surface area contributed by atoms with Gasteiger partial charge in [-0.2, -0.15) is 0 Å². The zero-order valence-corrected chi connectivity index (χ0v) is 16.6. The fourth-order valence-electron chi connectivity index (χ4n) is 3.87. The summed E-state index contributed by atoms with van der Waals surface area (Å²) in [7, 11) is 0. The van der Waals surface area contributed by atoms with Crippen molar-refractivity contribution >= 4 is 0 Å². The summed E-state index contributed by atoms with van der Waals surface area (Å²) in [6, 6.07) is -0.595. The van der Waals surface area contributed by atoms with Gasteiger partial charge in [0.15, 0.2) is 0 Å². The highest BCUT2D eigenvalue weighted by molar-refractivity contribution is 4.98. The molecule has 3 atom stereocenters. The van der Waals surface area contributed by atoms with E-state index in [0.29, 0.717) is 6.61 Å². The molecule has 1 rings (SSSR count). The molecule has 1 fully saturated rings. The van der Waals surface area contributed by atoms with Crippen molar-refractivity contribution in [2.45, 2.75) is 121 Å². The topological polar surface area (TPSA) is 75.7 Å². The number of unbranched alkanes of at least 4 members (excludes halogenated alkanes) is 12. The van der Waals surface area contributed by atoms with Gasteiger partial charge in [0.05, 0.1) is 24.9 Å². The van der Waals surface area contributed by atoms with Crippen molar-refractivity contribution in [3.05, 3.63) is 0 Å². The molecule has 0 radical (unpaired) electrons. The molecule has 0 aromatic heterocycles. The molecule has 1 heterocycles. The lowest BCUT2D eigenvalue weighted by Gasteiger charge is -2.47. The van der Waals surface area contributed by atoms with Gasteiger partial charge in [0, 0.05) is 6.42 Å². The van der Waals surface area contributed by atoms with E-state index in [1.807, 2.05) is 0 Å². The van der Waals surface area contributed by atoms with E-state index in [9.17, 15) is 5.11 Å². The first kappa shape index (κ1) is 22.9. The Morgan fingerprint density at radius 1 is 0.880 bits per heavy atom. The second kappa shape index (κ2) is 14.0. The van der Waals surface area contributed by atoms with E-state index in [1.165, 1.54) is 77.0 Å². The largest absolute Gasteiger partial charge is 0.395 e. The van der Waals surface area contributed by atoms with Crippen molar-refractivity contribution < 1.29 is 14.9 Å². The number of aliphatic hydroxyl groups is 2. The maximum absolute atomic E-state index is 10.3. The van der Waals surface area contributed by atoms with Crippen molar-refractivity contribution in [3.63, 3.8) is 0 Å². The number of hydrogen-bond acceptors (Lipinski definition) is 4. The number of ether oxygens (including phenoxy) is 1. The summed E-state index contributed by atoms with van der Waals surface area (Å²) in [6.07, 6.45) is 18.4. The van der Waals surface area contributed by atoms with Crippen LogP contribution in [0, 0.1) is 0 Å². The second-order valence-corrected chi connectivity index (χ2v) is 7.95. The monoisotopic (exact) mass is 357 g/mol. The number of nitrogens with two attached hydrogens (primary N) is 1. The summed E-state index contributed by atoms with van der Waals surface area (Å²) in [5.41, 5.74) is 5.29. The third-order valence-corrected chi connectivity index (χ3v) is 5.77. The lowest BCUT2D eigenvalue weighted by atomic mass is 9.80. The van der Waals surface area contributed by atoms with Gasteiger partial charge in [-0.05, 0) is 6.42 Å². The first-order chi connectivity index (χ1) is 12.2. The summed E-state index contributed by atoms with van der Waals surface area (Å²) in [6.45, 7) is 2.78. The molecule has 0 bridgehead atoms. The van der Waals surface area contributed by atoms with Crippen LogP contribution in [0.4, 0.5) is 0 Å². The van der Waals surface area contributed by atoms with Crippen LogP contribution in [0.5, 0.6) is 0 Å². The van der Waals surface area contributed by atoms with E-state index in [-0.39, 0.29) is 6.61 Å². The molecule has 4 heteroatoms. The maximum atomic E-state index is 10.3. The van der Waals surface area contributed by atoms with Crippen LogP contribution < -0.4 is 5.73 Å². The van der Waals surface area contributed by atoms with Crippen molar-refractivity contribution in [2.75, 3.05) is 13.2 Å². The van der Waals surface area contributed by atoms with Crippen LogP contribution in [0.3, 0.4) is 0 Å². The Kier molecular flexibility index (Phi) is 12.8. The fraction of sp³-hybridized carbons (Fsp3) is 1.00. The van der Waals surface area contributed by atoms with Gasteiger partial charge in [-0.15, -0.1) is 0 Å². The Balaban J connectivity index is 1.93. The molecule has 0 amide bonds. The highest BCUT2D eigenvalue weighted by Crippen LogP contribution is 2.36. The van der Waals surface area contributed by atoms with Crippen LogP contribution in [-0.4, -0.2) is 41.2 Å². The minimum Gasteiger partial charge on any atom is -0.395 e. The molecule has 1 aliphatic heterocycles. The van der Waals surface area contributed by atoms with Gasteiger partial charge < -0.3 is 20.7 Å². The lowest BCUT2D eigenvalue weighted by molar-refractivity contribution is -0.215. The van der Waals surface area contributed by atoms with Gasteiger partial charge in [0.2, 0.25) is 0 Å². The first-order valence-corrected chi connectivity index (χ1v) is 10.8. The quantitative estimate of drug-likeness (QED) is 0.339. The Hall–Kier alpha value is -0.160. The smallest absolute Gasteiger partial charge is 0.100 e. The summed E-state index contributed by atoms with van der Waals surface area (Å²) in [5.74, 6) is 0. The minimum absolute atomic E-state index is 0.190. The number of rotatable bonds is 17. The highest BCUT2D eigenvalue weighted by atomic mass is 16.5. The van der Waals surface area contributed by atoms with Crippen LogP contribution >= 0.6 is 0 Å². The highest BCUT2D eigenvalue weighted by Gasteiger charge is 2.46. The summed E-state index contributed by atoms with van der Waals surface area (Å²) >= 11 is 0. The van der Waals surface area contributed by atoms with Gasteiger partial charge >= 0.3 is 0 Å². The van der Waals surface area contributed by atoms with Crippen molar-refractivity contribution in [1.29, 1.82) is 0 Å². The third-order valence-electron chi connectivity index (χ3n) is 5.77. The molecule has 1 saturated heterocycles. The van der Waals surface area contributed by atoms with Crippen molar-refractivity contribution in [1.82, 2.24) is 0 Å². The molecule has 4 N–H and O–H groups in total. The van der Waals surface area contributed by atoms with E-state index < -0.39 is 17.7 Å². The number of hydrogen-bond donors (Lipinski definition) is 3. The maximum Gasteiger partial charge on any atom is 0.100 e. The first-order valence-electron chi connectivity index (χ1n) is 10.8. The fourth-order valence-corrected chi connectivity index (χ4v) is 3.87. The zero-order chi connectivity index (χ0) is 18.4. The molecule has 0 spiro atoms. The molecule has 0 saturated carbocycles. The van der Waals surface area contributed by atoms with Gasteiger partial charge in [-0.25, -0.2) is 0 Å². The van der Waals surface area contributed by atoms with Gasteiger partial charge in [0.1, 0.15) is 6.10 Å². The predicted octanol–water partition coefficient (Wildman–Crippen LogP) is 4.31. The van der Waals surface area contributed by atoms with Crippen LogP contribution in [0.2, 0.25) is 0 Å². The van der Waals surface area contributed by atoms with Crippen LogP contribution in [0.25, 0.3) is 0 Å². The zero-order valence-electron chi connectivity index (χ0n) is 16.6. The SMILES string of the molecule is CCCCCCCCCCCCCCCC1(C(O)C(N)CO)CCO1. The van der Waals surface area contributed by atoms with E-state index in [2.05, 4.69) is 6.92 Å². The van der Waals surface area contributed by atoms with Crippen LogP contribution in [0.1, 0.15) is 103 Å². The number of aliphatic hydroxyl groups excluding tert-OH is 2. The summed E-state index contributed by atoms with van der Waals surface area (Å²) < 4.78 is 5.67. The molecule has 0 aliphatic carbocycles. The molecule has 150 valence electrons. The molecular weight excluding hydrogens is 314 g/mol. The van der Waals surface area contributed by atoms with Gasteiger partial charge in [0.25, 0.3) is 0 Å². The average molecular weight is 358 g/mol. The molecule has 25 heavy (non-hydrogen) atoms. The Labute approximate surface area is 155 Å². The Bertz CT molecular complexity index is 308. The van der Waals surface area contributed by atoms with Crippen molar-refractivity contribution in [3.8, 4) is 0 Å². The molecule has 1 aliphatic rings. The molecule has 3 unspecified atom stereocenters. The second-order valence-electron chi connectivity index (χ2n) is 7.95. The van der Waals surface area contributed by atoms with Gasteiger partial charge in [-0.3, -0.25) is 0 Å². The Morgan fingerprint density at radius 2 is 1.32 bits per heavy atom. The molecular formula is C21H43NO3. The third kappa shape index (κ3) is 8.85. The van der Waals surface area contributed by atoms with E-state index in [1.54, 1.807) is 0 Å². The van der Waals surface area contributed by atoms with Gasteiger partial charge in [-0.1, -0.05) is 90.4 Å². The standard InChI is InChI=1S/C21H43NO3/c1-2-3-4-5-6-7-8-9-10-11-12-13-14-15-21(16-17-25-21)20(24)19(22)18-23/h19-20,23-24H,2-18,22H2,1H3. The summed E-state index contributed by atoms with van der Waals surface area (Å²) in [5, 5.41) is 19.4. The Morgan fingerprint density at radius 3 is 1.68 bits per heavy atom. The molecule has 4 nitrogen and oxygen atoms in total. The predicted molar refractivity (Wildman–Crippen MR) is 105 cm³/mol. The van der Waals surface area contributed by atoms with Crippen LogP contribution in [-0.2, 0) is 4.74 Å². The average Bonchev–Trinajstić information content (AvgIpc) is 2.59.